The van der Waals surface area contributed by atoms with Gasteiger partial charge in [0.05, 0.1) is 24.7 Å². The first-order valence-corrected chi connectivity index (χ1v) is 7.14. The van der Waals surface area contributed by atoms with Crippen molar-refractivity contribution in [1.29, 1.82) is 0 Å². The zero-order valence-corrected chi connectivity index (χ0v) is 11.1. The van der Waals surface area contributed by atoms with Gasteiger partial charge in [-0.15, -0.1) is 0 Å². The normalized spacial score (nSPS) is 13.4. The lowest BCUT2D eigenvalue weighted by Gasteiger charge is -2.14. The van der Waals surface area contributed by atoms with Gasteiger partial charge in [-0.1, -0.05) is 18.2 Å². The standard InChI is InChI=1S/C12H18O5S/c1-2-16-9-11(8-13)10-17-18(14,15)12-6-4-3-5-7-12/h3-7,11,13H,2,8-10H2,1H3. The smallest absolute Gasteiger partial charge is 0.296 e. The van der Waals surface area contributed by atoms with Crippen LogP contribution in [-0.2, 0) is 19.0 Å². The minimum absolute atomic E-state index is 0.0896. The van der Waals surface area contributed by atoms with Crippen molar-refractivity contribution in [3.05, 3.63) is 30.3 Å². The van der Waals surface area contributed by atoms with E-state index in [0.717, 1.165) is 0 Å². The fourth-order valence-corrected chi connectivity index (χ4v) is 2.28. The maximum atomic E-state index is 11.8. The van der Waals surface area contributed by atoms with Crippen LogP contribution in [0, 0.1) is 5.92 Å². The minimum Gasteiger partial charge on any atom is -0.396 e. The van der Waals surface area contributed by atoms with Gasteiger partial charge in [0.15, 0.2) is 0 Å². The van der Waals surface area contributed by atoms with E-state index in [9.17, 15) is 8.42 Å². The van der Waals surface area contributed by atoms with Crippen molar-refractivity contribution in [2.75, 3.05) is 26.4 Å². The Labute approximate surface area is 107 Å². The molecule has 0 aliphatic rings. The number of rotatable bonds is 8. The molecule has 1 rings (SSSR count). The molecule has 0 aliphatic carbocycles. The molecule has 5 nitrogen and oxygen atoms in total. The second-order valence-electron chi connectivity index (χ2n) is 3.76. The van der Waals surface area contributed by atoms with Crippen molar-refractivity contribution < 1.29 is 22.4 Å². The molecule has 0 saturated heterocycles. The molecule has 1 atom stereocenters. The molecule has 102 valence electrons. The van der Waals surface area contributed by atoms with Gasteiger partial charge in [-0.25, -0.2) is 0 Å². The second kappa shape index (κ2) is 7.48. The highest BCUT2D eigenvalue weighted by atomic mass is 32.2. The summed E-state index contributed by atoms with van der Waals surface area (Å²) in [6, 6.07) is 7.90. The van der Waals surface area contributed by atoms with Gasteiger partial charge < -0.3 is 9.84 Å². The predicted molar refractivity (Wildman–Crippen MR) is 66.6 cm³/mol. The summed E-state index contributed by atoms with van der Waals surface area (Å²) < 4.78 is 33.6. The highest BCUT2D eigenvalue weighted by Crippen LogP contribution is 2.12. The Kier molecular flexibility index (Phi) is 6.28. The van der Waals surface area contributed by atoms with E-state index in [0.29, 0.717) is 6.61 Å². The zero-order valence-electron chi connectivity index (χ0n) is 10.3. The SMILES string of the molecule is CCOCC(CO)COS(=O)(=O)c1ccccc1. The summed E-state index contributed by atoms with van der Waals surface area (Å²) in [6.07, 6.45) is 0. The Bertz CT molecular complexity index is 429. The first-order chi connectivity index (χ1) is 8.60. The van der Waals surface area contributed by atoms with Crippen LogP contribution in [0.1, 0.15) is 6.92 Å². The Balaban J connectivity index is 2.56. The van der Waals surface area contributed by atoms with Gasteiger partial charge in [0, 0.05) is 12.5 Å². The molecule has 0 aliphatic heterocycles. The largest absolute Gasteiger partial charge is 0.396 e. The molecule has 18 heavy (non-hydrogen) atoms. The summed E-state index contributed by atoms with van der Waals surface area (Å²) in [5, 5.41) is 9.07. The molecule has 1 aromatic carbocycles. The molecular formula is C12H18O5S. The fraction of sp³-hybridized carbons (Fsp3) is 0.500. The van der Waals surface area contributed by atoms with Crippen LogP contribution in [0.3, 0.4) is 0 Å². The van der Waals surface area contributed by atoms with Crippen LogP contribution in [0.15, 0.2) is 35.2 Å². The monoisotopic (exact) mass is 274 g/mol. The summed E-state index contributed by atoms with van der Waals surface area (Å²) >= 11 is 0. The molecule has 0 saturated carbocycles. The average molecular weight is 274 g/mol. The lowest BCUT2D eigenvalue weighted by atomic mass is 10.2. The highest BCUT2D eigenvalue weighted by Gasteiger charge is 2.17. The second-order valence-corrected chi connectivity index (χ2v) is 5.38. The van der Waals surface area contributed by atoms with E-state index in [1.807, 2.05) is 6.92 Å². The van der Waals surface area contributed by atoms with Gasteiger partial charge in [0.25, 0.3) is 10.1 Å². The molecule has 0 bridgehead atoms. The maximum absolute atomic E-state index is 11.8. The minimum atomic E-state index is -3.76. The molecule has 0 fully saturated rings. The Morgan fingerprint density at radius 3 is 2.44 bits per heavy atom. The van der Waals surface area contributed by atoms with Crippen LogP contribution in [-0.4, -0.2) is 40.0 Å². The lowest BCUT2D eigenvalue weighted by Crippen LogP contribution is -2.22. The highest BCUT2D eigenvalue weighted by molar-refractivity contribution is 7.86. The van der Waals surface area contributed by atoms with Crippen molar-refractivity contribution in [3.8, 4) is 0 Å². The van der Waals surface area contributed by atoms with E-state index in [1.165, 1.54) is 12.1 Å². The summed E-state index contributed by atoms with van der Waals surface area (Å²) in [7, 11) is -3.76. The number of aliphatic hydroxyl groups is 1. The molecular weight excluding hydrogens is 256 g/mol. The van der Waals surface area contributed by atoms with Gasteiger partial charge in [-0.2, -0.15) is 8.42 Å². The lowest BCUT2D eigenvalue weighted by molar-refractivity contribution is 0.0581. The average Bonchev–Trinajstić information content (AvgIpc) is 2.40. The van der Waals surface area contributed by atoms with Crippen molar-refractivity contribution in [2.24, 2.45) is 5.92 Å². The van der Waals surface area contributed by atoms with Crippen LogP contribution in [0.4, 0.5) is 0 Å². The molecule has 0 heterocycles. The number of hydrogen-bond donors (Lipinski definition) is 1. The summed E-state index contributed by atoms with van der Waals surface area (Å²) in [5.41, 5.74) is 0. The third-order valence-electron chi connectivity index (χ3n) is 2.31. The molecule has 1 N–H and O–H groups in total. The summed E-state index contributed by atoms with van der Waals surface area (Å²) in [5.74, 6) is -0.344. The number of hydrogen-bond acceptors (Lipinski definition) is 5. The fourth-order valence-electron chi connectivity index (χ4n) is 1.28. The molecule has 1 aromatic rings. The van der Waals surface area contributed by atoms with Crippen molar-refractivity contribution in [3.63, 3.8) is 0 Å². The van der Waals surface area contributed by atoms with E-state index < -0.39 is 10.1 Å². The van der Waals surface area contributed by atoms with Gasteiger partial charge in [0.2, 0.25) is 0 Å². The van der Waals surface area contributed by atoms with Crippen LogP contribution >= 0.6 is 0 Å². The molecule has 1 unspecified atom stereocenters. The third-order valence-corrected chi connectivity index (χ3v) is 3.60. The van der Waals surface area contributed by atoms with Crippen LogP contribution in [0.2, 0.25) is 0 Å². The maximum Gasteiger partial charge on any atom is 0.296 e. The third kappa shape index (κ3) is 4.73. The van der Waals surface area contributed by atoms with Crippen molar-refractivity contribution >= 4 is 10.1 Å². The van der Waals surface area contributed by atoms with Gasteiger partial charge in [0.1, 0.15) is 0 Å². The van der Waals surface area contributed by atoms with E-state index in [4.69, 9.17) is 14.0 Å². The summed E-state index contributed by atoms with van der Waals surface area (Å²) in [6.45, 7) is 2.35. The first-order valence-electron chi connectivity index (χ1n) is 5.73. The van der Waals surface area contributed by atoms with E-state index >= 15 is 0 Å². The van der Waals surface area contributed by atoms with E-state index in [-0.39, 0.29) is 30.6 Å². The predicted octanol–water partition coefficient (Wildman–Crippen LogP) is 1.04. The van der Waals surface area contributed by atoms with Crippen LogP contribution in [0.25, 0.3) is 0 Å². The number of aliphatic hydroxyl groups excluding tert-OH is 1. The summed E-state index contributed by atoms with van der Waals surface area (Å²) in [4.78, 5) is 0.109. The first kappa shape index (κ1) is 15.1. The quantitative estimate of drug-likeness (QED) is 0.717. The Hall–Kier alpha value is -0.950. The number of ether oxygens (including phenoxy) is 1. The topological polar surface area (TPSA) is 72.8 Å². The van der Waals surface area contributed by atoms with Gasteiger partial charge in [-0.3, -0.25) is 4.18 Å². The number of benzene rings is 1. The van der Waals surface area contributed by atoms with E-state index in [1.54, 1.807) is 18.2 Å². The zero-order chi connectivity index (χ0) is 13.4. The van der Waals surface area contributed by atoms with Gasteiger partial charge >= 0.3 is 0 Å². The van der Waals surface area contributed by atoms with Crippen molar-refractivity contribution in [2.45, 2.75) is 11.8 Å². The Morgan fingerprint density at radius 1 is 1.22 bits per heavy atom. The molecule has 0 radical (unpaired) electrons. The molecule has 0 spiro atoms. The van der Waals surface area contributed by atoms with Crippen LogP contribution in [0.5, 0.6) is 0 Å². The van der Waals surface area contributed by atoms with Gasteiger partial charge in [-0.05, 0) is 19.1 Å². The molecule has 0 aromatic heterocycles. The Morgan fingerprint density at radius 2 is 1.89 bits per heavy atom. The molecule has 0 amide bonds. The molecule has 6 heteroatoms. The van der Waals surface area contributed by atoms with E-state index in [2.05, 4.69) is 0 Å². The van der Waals surface area contributed by atoms with Crippen LogP contribution < -0.4 is 0 Å². The van der Waals surface area contributed by atoms with Crippen molar-refractivity contribution in [1.82, 2.24) is 0 Å².